The minimum absolute atomic E-state index is 1.11. The van der Waals surface area contributed by atoms with Crippen molar-refractivity contribution in [2.24, 2.45) is 0 Å². The SMILES string of the molecule is c1ccc(-c2ccc(-n3c4ccc(-c5ccc(N(c6ccccc6)c6ccccc6)cc5)cc4c4cc(-c5ccc(N(c6ccccc6)c6ccccc6)cc5)ccc43)cc2)cc1. The number of rotatable bonds is 10. The van der Waals surface area contributed by atoms with Crippen LogP contribution in [-0.2, 0) is 0 Å². The summed E-state index contributed by atoms with van der Waals surface area (Å²) in [6.07, 6.45) is 0. The number of fused-ring (bicyclic) bond motifs is 3. The molecule has 0 atom stereocenters. The fourth-order valence-electron chi connectivity index (χ4n) is 8.90. The summed E-state index contributed by atoms with van der Waals surface area (Å²) in [5.41, 5.74) is 17.3. The van der Waals surface area contributed by atoms with E-state index in [2.05, 4.69) is 275 Å². The molecule has 0 amide bonds. The van der Waals surface area contributed by atoms with E-state index < -0.39 is 0 Å². The zero-order valence-electron chi connectivity index (χ0n) is 34.7. The standard InChI is InChI=1S/C60H43N3/c1-6-16-44(17-7-1)45-26-38-56(39-27-45)63-59-40-32-48(46-28-34-54(35-29-46)61(50-18-8-2-9-19-50)51-20-10-3-11-21-51)42-57(59)58-43-49(33-41-60(58)63)47-30-36-55(37-31-47)62(52-22-12-4-13-23-52)53-24-14-5-15-25-53/h1-43H. The van der Waals surface area contributed by atoms with Gasteiger partial charge >= 0.3 is 0 Å². The van der Waals surface area contributed by atoms with Gasteiger partial charge < -0.3 is 14.4 Å². The van der Waals surface area contributed by atoms with Crippen molar-refractivity contribution in [3.63, 3.8) is 0 Å². The van der Waals surface area contributed by atoms with Crippen molar-refractivity contribution in [3.8, 4) is 39.1 Å². The van der Waals surface area contributed by atoms with Crippen molar-refractivity contribution in [2.75, 3.05) is 9.80 Å². The second-order valence-corrected chi connectivity index (χ2v) is 15.8. The van der Waals surface area contributed by atoms with Gasteiger partial charge in [0.15, 0.2) is 0 Å². The molecule has 0 fully saturated rings. The Morgan fingerprint density at radius 3 is 0.857 bits per heavy atom. The van der Waals surface area contributed by atoms with Crippen molar-refractivity contribution >= 4 is 55.9 Å². The molecule has 0 aliphatic carbocycles. The van der Waals surface area contributed by atoms with Gasteiger partial charge in [0.25, 0.3) is 0 Å². The van der Waals surface area contributed by atoms with Gasteiger partial charge in [-0.05, 0) is 143 Å². The summed E-state index contributed by atoms with van der Waals surface area (Å²) in [5, 5.41) is 2.43. The molecule has 11 rings (SSSR count). The fraction of sp³-hybridized carbons (Fsp3) is 0. The molecule has 0 aliphatic heterocycles. The molecule has 0 aliphatic rings. The molecule has 11 aromatic rings. The Bertz CT molecular complexity index is 3010. The molecule has 63 heavy (non-hydrogen) atoms. The Hall–Kier alpha value is -8.40. The molecule has 0 unspecified atom stereocenters. The summed E-state index contributed by atoms with van der Waals surface area (Å²) in [6, 6.07) is 93.6. The van der Waals surface area contributed by atoms with Crippen LogP contribution in [-0.4, -0.2) is 4.57 Å². The van der Waals surface area contributed by atoms with Crippen molar-refractivity contribution in [3.05, 3.63) is 261 Å². The summed E-state index contributed by atoms with van der Waals surface area (Å²) in [6.45, 7) is 0. The third-order valence-corrected chi connectivity index (χ3v) is 12.0. The van der Waals surface area contributed by atoms with Gasteiger partial charge in [-0.2, -0.15) is 0 Å². The maximum absolute atomic E-state index is 2.41. The highest BCUT2D eigenvalue weighted by molar-refractivity contribution is 6.11. The maximum atomic E-state index is 2.41. The van der Waals surface area contributed by atoms with Crippen LogP contribution in [0.25, 0.3) is 60.9 Å². The van der Waals surface area contributed by atoms with Gasteiger partial charge in [0.05, 0.1) is 11.0 Å². The zero-order chi connectivity index (χ0) is 42.0. The lowest BCUT2D eigenvalue weighted by molar-refractivity contribution is 1.18. The first-order valence-corrected chi connectivity index (χ1v) is 21.5. The van der Waals surface area contributed by atoms with Gasteiger partial charge in [-0.25, -0.2) is 0 Å². The van der Waals surface area contributed by atoms with Gasteiger partial charge in [0.2, 0.25) is 0 Å². The summed E-state index contributed by atoms with van der Waals surface area (Å²) in [5.74, 6) is 0. The molecule has 0 radical (unpaired) electrons. The van der Waals surface area contributed by atoms with E-state index in [0.717, 1.165) is 39.8 Å². The highest BCUT2D eigenvalue weighted by Gasteiger charge is 2.17. The average Bonchev–Trinajstić information content (AvgIpc) is 3.69. The van der Waals surface area contributed by atoms with Crippen LogP contribution in [0.1, 0.15) is 0 Å². The Balaban J connectivity index is 1.00. The smallest absolute Gasteiger partial charge is 0.0541 e. The van der Waals surface area contributed by atoms with Crippen molar-refractivity contribution in [1.29, 1.82) is 0 Å². The number of para-hydroxylation sites is 4. The van der Waals surface area contributed by atoms with E-state index >= 15 is 0 Å². The monoisotopic (exact) mass is 805 g/mol. The summed E-state index contributed by atoms with van der Waals surface area (Å²) < 4.78 is 2.41. The fourth-order valence-corrected chi connectivity index (χ4v) is 8.90. The second kappa shape index (κ2) is 16.6. The first kappa shape index (κ1) is 37.6. The van der Waals surface area contributed by atoms with Crippen LogP contribution >= 0.6 is 0 Å². The molecule has 298 valence electrons. The molecule has 0 saturated heterocycles. The molecule has 3 nitrogen and oxygen atoms in total. The van der Waals surface area contributed by atoms with Crippen LogP contribution in [0.5, 0.6) is 0 Å². The van der Waals surface area contributed by atoms with Gasteiger partial charge in [0.1, 0.15) is 0 Å². The first-order chi connectivity index (χ1) is 31.2. The van der Waals surface area contributed by atoms with Crippen LogP contribution in [0.3, 0.4) is 0 Å². The normalized spacial score (nSPS) is 11.2. The van der Waals surface area contributed by atoms with E-state index in [1.165, 1.54) is 55.2 Å². The first-order valence-electron chi connectivity index (χ1n) is 21.5. The van der Waals surface area contributed by atoms with Gasteiger partial charge in [0, 0.05) is 50.6 Å². The molecule has 3 heteroatoms. The third kappa shape index (κ3) is 7.32. The molecule has 1 heterocycles. The topological polar surface area (TPSA) is 11.4 Å². The molecule has 0 bridgehead atoms. The maximum Gasteiger partial charge on any atom is 0.0541 e. The van der Waals surface area contributed by atoms with E-state index in [9.17, 15) is 0 Å². The predicted octanol–water partition coefficient (Wildman–Crippen LogP) is 16.7. The summed E-state index contributed by atoms with van der Waals surface area (Å²) in [4.78, 5) is 4.61. The average molecular weight is 806 g/mol. The van der Waals surface area contributed by atoms with Crippen LogP contribution < -0.4 is 9.80 Å². The third-order valence-electron chi connectivity index (χ3n) is 12.0. The molecule has 1 aromatic heterocycles. The quantitative estimate of drug-likeness (QED) is 0.136. The van der Waals surface area contributed by atoms with Crippen LogP contribution in [0.15, 0.2) is 261 Å². The minimum Gasteiger partial charge on any atom is -0.311 e. The van der Waals surface area contributed by atoms with Crippen LogP contribution in [0, 0.1) is 0 Å². The Morgan fingerprint density at radius 2 is 0.492 bits per heavy atom. The van der Waals surface area contributed by atoms with Gasteiger partial charge in [-0.1, -0.05) is 152 Å². The largest absolute Gasteiger partial charge is 0.311 e. The van der Waals surface area contributed by atoms with E-state index in [1.807, 2.05) is 0 Å². The second-order valence-electron chi connectivity index (χ2n) is 15.8. The van der Waals surface area contributed by atoms with Gasteiger partial charge in [-0.3, -0.25) is 0 Å². The Kier molecular flexibility index (Phi) is 9.89. The summed E-state index contributed by atoms with van der Waals surface area (Å²) >= 11 is 0. The lowest BCUT2D eigenvalue weighted by Crippen LogP contribution is -2.09. The van der Waals surface area contributed by atoms with Crippen LogP contribution in [0.2, 0.25) is 0 Å². The number of nitrogens with zero attached hydrogens (tertiary/aromatic N) is 3. The number of benzene rings is 10. The number of anilines is 6. The molecular formula is C60H43N3. The van der Waals surface area contributed by atoms with E-state index in [0.29, 0.717) is 0 Å². The van der Waals surface area contributed by atoms with Gasteiger partial charge in [-0.15, -0.1) is 0 Å². The lowest BCUT2D eigenvalue weighted by atomic mass is 9.99. The number of hydrogen-bond donors (Lipinski definition) is 0. The Labute approximate surface area is 368 Å². The van der Waals surface area contributed by atoms with Crippen molar-refractivity contribution in [2.45, 2.75) is 0 Å². The molecule has 0 N–H and O–H groups in total. The minimum atomic E-state index is 1.11. The van der Waals surface area contributed by atoms with E-state index in [1.54, 1.807) is 0 Å². The lowest BCUT2D eigenvalue weighted by Gasteiger charge is -2.25. The Morgan fingerprint density at radius 1 is 0.222 bits per heavy atom. The van der Waals surface area contributed by atoms with E-state index in [4.69, 9.17) is 0 Å². The van der Waals surface area contributed by atoms with Crippen molar-refractivity contribution in [1.82, 2.24) is 4.57 Å². The number of aromatic nitrogens is 1. The highest BCUT2D eigenvalue weighted by atomic mass is 15.1. The number of hydrogen-bond acceptors (Lipinski definition) is 2. The predicted molar refractivity (Wildman–Crippen MR) is 266 cm³/mol. The zero-order valence-corrected chi connectivity index (χ0v) is 34.7. The molecule has 0 spiro atoms. The summed E-state index contributed by atoms with van der Waals surface area (Å²) in [7, 11) is 0. The van der Waals surface area contributed by atoms with Crippen LogP contribution in [0.4, 0.5) is 34.1 Å². The molecular weight excluding hydrogens is 763 g/mol. The highest BCUT2D eigenvalue weighted by Crippen LogP contribution is 2.41. The van der Waals surface area contributed by atoms with E-state index in [-0.39, 0.29) is 0 Å². The molecule has 0 saturated carbocycles. The van der Waals surface area contributed by atoms with Crippen molar-refractivity contribution < 1.29 is 0 Å². The molecule has 10 aromatic carbocycles.